The number of hydrogen-bond donors (Lipinski definition) is 6. The number of phenols is 2. The number of carboxylic acid groups (broad SMARTS) is 2. The predicted octanol–water partition coefficient (Wildman–Crippen LogP) is 2.48. The minimum atomic E-state index is -1.05. The van der Waals surface area contributed by atoms with Crippen LogP contribution in [0.25, 0.3) is 0 Å². The summed E-state index contributed by atoms with van der Waals surface area (Å²) in [5.41, 5.74) is 0.175. The summed E-state index contributed by atoms with van der Waals surface area (Å²) >= 11 is 0. The van der Waals surface area contributed by atoms with Gasteiger partial charge in [-0.2, -0.15) is 0 Å². The molecule has 1 aliphatic carbocycles. The van der Waals surface area contributed by atoms with E-state index in [2.05, 4.69) is 0 Å². The number of aliphatic hydroxyl groups is 2. The predicted molar refractivity (Wildman–Crippen MR) is 114 cm³/mol. The van der Waals surface area contributed by atoms with Crippen LogP contribution in [0.3, 0.4) is 0 Å². The highest BCUT2D eigenvalue weighted by atomic mass is 16.5. The molecule has 10 nitrogen and oxygen atoms in total. The standard InChI is InChI=1S/2C8H8O4.C6H12O2/c2*1-12-7-4-5(8(10)11)2-3-6(7)9;7-5-2-1-3-6(8)4-5/h2*2-4,9H,1H3,(H,10,11);5-8H,1-4H2. The molecule has 2 atom stereocenters. The van der Waals surface area contributed by atoms with Crippen LogP contribution in [0.15, 0.2) is 36.4 Å². The Morgan fingerprint density at radius 2 is 1.16 bits per heavy atom. The Kier molecular flexibility index (Phi) is 10.8. The highest BCUT2D eigenvalue weighted by Gasteiger charge is 2.16. The summed E-state index contributed by atoms with van der Waals surface area (Å²) in [6.07, 6.45) is 2.83. The van der Waals surface area contributed by atoms with Gasteiger partial charge in [0, 0.05) is 0 Å². The van der Waals surface area contributed by atoms with Crippen molar-refractivity contribution in [2.75, 3.05) is 14.2 Å². The van der Waals surface area contributed by atoms with E-state index < -0.39 is 11.9 Å². The quantitative estimate of drug-likeness (QED) is 0.404. The van der Waals surface area contributed by atoms with E-state index in [9.17, 15) is 9.59 Å². The summed E-state index contributed by atoms with van der Waals surface area (Å²) in [5.74, 6) is -1.91. The molecular formula is C22H28O10. The molecule has 1 fully saturated rings. The Hall–Kier alpha value is -3.50. The van der Waals surface area contributed by atoms with Crippen molar-refractivity contribution in [1.29, 1.82) is 0 Å². The van der Waals surface area contributed by atoms with Gasteiger partial charge in [0.25, 0.3) is 0 Å². The molecule has 0 heterocycles. The Labute approximate surface area is 184 Å². The third-order valence-electron chi connectivity index (χ3n) is 4.47. The number of carbonyl (C=O) groups is 2. The lowest BCUT2D eigenvalue weighted by Gasteiger charge is -2.20. The van der Waals surface area contributed by atoms with Crippen molar-refractivity contribution in [3.8, 4) is 23.0 Å². The summed E-state index contributed by atoms with van der Waals surface area (Å²) in [6.45, 7) is 0. The van der Waals surface area contributed by atoms with Gasteiger partial charge in [-0.1, -0.05) is 0 Å². The maximum Gasteiger partial charge on any atom is 0.335 e. The van der Waals surface area contributed by atoms with Gasteiger partial charge in [0.15, 0.2) is 23.0 Å². The van der Waals surface area contributed by atoms with Crippen LogP contribution in [-0.2, 0) is 0 Å². The lowest BCUT2D eigenvalue weighted by Crippen LogP contribution is -2.22. The third kappa shape index (κ3) is 8.70. The largest absolute Gasteiger partial charge is 0.504 e. The lowest BCUT2D eigenvalue weighted by molar-refractivity contribution is 0.0406. The van der Waals surface area contributed by atoms with Crippen LogP contribution in [-0.4, -0.2) is 69.0 Å². The van der Waals surface area contributed by atoms with E-state index in [1.807, 2.05) is 0 Å². The number of hydrogen-bond acceptors (Lipinski definition) is 8. The van der Waals surface area contributed by atoms with Crippen molar-refractivity contribution >= 4 is 11.9 Å². The average Bonchev–Trinajstić information content (AvgIpc) is 2.75. The van der Waals surface area contributed by atoms with E-state index in [-0.39, 0.29) is 46.3 Å². The second-order valence-electron chi connectivity index (χ2n) is 6.86. The van der Waals surface area contributed by atoms with Crippen LogP contribution in [0.4, 0.5) is 0 Å². The number of aromatic carboxylic acids is 2. The molecule has 0 saturated heterocycles. The molecule has 1 saturated carbocycles. The molecule has 0 radical (unpaired) electrons. The molecule has 32 heavy (non-hydrogen) atoms. The minimum Gasteiger partial charge on any atom is -0.504 e. The maximum atomic E-state index is 10.4. The van der Waals surface area contributed by atoms with Crippen molar-refractivity contribution in [2.45, 2.75) is 37.9 Å². The zero-order chi connectivity index (χ0) is 24.3. The number of benzene rings is 2. The fourth-order valence-corrected chi connectivity index (χ4v) is 2.76. The number of methoxy groups -OCH3 is 2. The van der Waals surface area contributed by atoms with Crippen LogP contribution in [0, 0.1) is 0 Å². The van der Waals surface area contributed by atoms with Crippen LogP contribution in [0.5, 0.6) is 23.0 Å². The third-order valence-corrected chi connectivity index (χ3v) is 4.47. The van der Waals surface area contributed by atoms with E-state index in [0.717, 1.165) is 19.3 Å². The number of aromatic hydroxyl groups is 2. The van der Waals surface area contributed by atoms with Crippen LogP contribution < -0.4 is 9.47 Å². The van der Waals surface area contributed by atoms with Gasteiger partial charge in [0.05, 0.1) is 37.6 Å². The molecule has 10 heteroatoms. The molecule has 6 N–H and O–H groups in total. The summed E-state index contributed by atoms with van der Waals surface area (Å²) in [7, 11) is 2.72. The number of ether oxygens (including phenoxy) is 2. The number of rotatable bonds is 4. The van der Waals surface area contributed by atoms with Gasteiger partial charge < -0.3 is 40.1 Å². The van der Waals surface area contributed by atoms with E-state index in [1.165, 1.54) is 50.6 Å². The summed E-state index contributed by atoms with van der Waals surface area (Å²) in [6, 6.07) is 7.69. The second-order valence-corrected chi connectivity index (χ2v) is 6.86. The zero-order valence-electron chi connectivity index (χ0n) is 17.8. The molecule has 2 unspecified atom stereocenters. The van der Waals surface area contributed by atoms with Gasteiger partial charge in [-0.15, -0.1) is 0 Å². The van der Waals surface area contributed by atoms with Gasteiger partial charge in [0.2, 0.25) is 0 Å². The average molecular weight is 452 g/mol. The summed E-state index contributed by atoms with van der Waals surface area (Å²) in [5, 5.41) is 53.2. The van der Waals surface area contributed by atoms with Crippen LogP contribution >= 0.6 is 0 Å². The van der Waals surface area contributed by atoms with Crippen molar-refractivity contribution in [1.82, 2.24) is 0 Å². The van der Waals surface area contributed by atoms with Gasteiger partial charge >= 0.3 is 11.9 Å². The van der Waals surface area contributed by atoms with Gasteiger partial charge in [-0.25, -0.2) is 9.59 Å². The molecule has 3 rings (SSSR count). The molecule has 176 valence electrons. The zero-order valence-corrected chi connectivity index (χ0v) is 17.8. The molecule has 2 aromatic carbocycles. The first kappa shape index (κ1) is 26.5. The topological polar surface area (TPSA) is 174 Å². The van der Waals surface area contributed by atoms with E-state index >= 15 is 0 Å². The van der Waals surface area contributed by atoms with Crippen molar-refractivity contribution in [3.05, 3.63) is 47.5 Å². The molecular weight excluding hydrogens is 424 g/mol. The highest BCUT2D eigenvalue weighted by molar-refractivity contribution is 5.88. The maximum absolute atomic E-state index is 10.4. The van der Waals surface area contributed by atoms with Crippen LogP contribution in [0.1, 0.15) is 46.4 Å². The first-order valence-corrected chi connectivity index (χ1v) is 9.65. The molecule has 0 aromatic heterocycles. The van der Waals surface area contributed by atoms with Gasteiger partial charge in [0.1, 0.15) is 0 Å². The van der Waals surface area contributed by atoms with Crippen molar-refractivity contribution in [3.63, 3.8) is 0 Å². The van der Waals surface area contributed by atoms with Gasteiger partial charge in [-0.05, 0) is 62.1 Å². The molecule has 0 aliphatic heterocycles. The normalized spacial score (nSPS) is 17.0. The smallest absolute Gasteiger partial charge is 0.335 e. The number of phenolic OH excluding ortho intramolecular Hbond substituents is 2. The van der Waals surface area contributed by atoms with Gasteiger partial charge in [-0.3, -0.25) is 0 Å². The molecule has 0 spiro atoms. The van der Waals surface area contributed by atoms with E-state index in [4.69, 9.17) is 40.1 Å². The van der Waals surface area contributed by atoms with Crippen molar-refractivity contribution < 1.29 is 49.7 Å². The Morgan fingerprint density at radius 3 is 1.41 bits per heavy atom. The summed E-state index contributed by atoms with van der Waals surface area (Å²) in [4.78, 5) is 20.9. The number of aliphatic hydroxyl groups excluding tert-OH is 2. The number of carboxylic acids is 2. The van der Waals surface area contributed by atoms with E-state index in [0.29, 0.717) is 6.42 Å². The summed E-state index contributed by atoms with van der Waals surface area (Å²) < 4.78 is 9.44. The molecule has 0 amide bonds. The first-order valence-electron chi connectivity index (χ1n) is 9.65. The highest BCUT2D eigenvalue weighted by Crippen LogP contribution is 2.26. The van der Waals surface area contributed by atoms with Crippen LogP contribution in [0.2, 0.25) is 0 Å². The lowest BCUT2D eigenvalue weighted by atomic mass is 9.95. The van der Waals surface area contributed by atoms with Crippen molar-refractivity contribution in [2.24, 2.45) is 0 Å². The molecule has 1 aliphatic rings. The Balaban J connectivity index is 0.000000245. The SMILES string of the molecule is COc1cc(C(=O)O)ccc1O.COc1cc(C(=O)O)ccc1O.OC1CCCC(O)C1. The monoisotopic (exact) mass is 452 g/mol. The molecule has 2 aromatic rings. The minimum absolute atomic E-state index is 0.0671. The second kappa shape index (κ2) is 13.0. The fourth-order valence-electron chi connectivity index (χ4n) is 2.76. The Bertz CT molecular complexity index is 825. The first-order chi connectivity index (χ1) is 15.1. The Morgan fingerprint density at radius 1 is 0.781 bits per heavy atom. The fraction of sp³-hybridized carbons (Fsp3) is 0.364. The molecule has 0 bridgehead atoms. The van der Waals surface area contributed by atoms with E-state index in [1.54, 1.807) is 0 Å².